The van der Waals surface area contributed by atoms with Crippen molar-refractivity contribution in [1.29, 1.82) is 0 Å². The fourth-order valence-electron chi connectivity index (χ4n) is 1.71. The molecule has 0 radical (unpaired) electrons. The highest BCUT2D eigenvalue weighted by Gasteiger charge is 2.25. The summed E-state index contributed by atoms with van der Waals surface area (Å²) in [6.45, 7) is 4.83. The first-order valence-corrected chi connectivity index (χ1v) is 5.37. The Balaban J connectivity index is 2.82. The molecule has 0 saturated heterocycles. The molecule has 0 spiro atoms. The van der Waals surface area contributed by atoms with E-state index in [4.69, 9.17) is 0 Å². The number of hydrogen-bond acceptors (Lipinski definition) is 2. The maximum atomic E-state index is 11.2. The summed E-state index contributed by atoms with van der Waals surface area (Å²) in [5.74, 6) is -0.250. The van der Waals surface area contributed by atoms with Gasteiger partial charge in [0.05, 0.1) is 0 Å². The minimum atomic E-state index is -0.773. The van der Waals surface area contributed by atoms with Crippen LogP contribution in [0.5, 0.6) is 0 Å². The van der Waals surface area contributed by atoms with E-state index in [1.54, 1.807) is 0 Å². The molecule has 0 bridgehead atoms. The zero-order valence-electron chi connectivity index (χ0n) is 9.60. The quantitative estimate of drug-likeness (QED) is 0.769. The van der Waals surface area contributed by atoms with Gasteiger partial charge in [0.25, 0.3) is 0 Å². The molecule has 1 aliphatic carbocycles. The molecular formula is C12H19NO2. The van der Waals surface area contributed by atoms with Crippen LogP contribution < -0.4 is 0 Å². The highest BCUT2D eigenvalue weighted by molar-refractivity contribution is 5.78. The lowest BCUT2D eigenvalue weighted by atomic mass is 9.94. The summed E-state index contributed by atoms with van der Waals surface area (Å²) in [6, 6.07) is -0.501. The van der Waals surface area contributed by atoms with Crippen molar-refractivity contribution in [3.63, 3.8) is 0 Å². The van der Waals surface area contributed by atoms with Crippen molar-refractivity contribution in [2.75, 3.05) is 13.6 Å². The zero-order chi connectivity index (χ0) is 11.4. The second kappa shape index (κ2) is 5.12. The predicted molar refractivity (Wildman–Crippen MR) is 60.7 cm³/mol. The Bertz CT molecular complexity index is 294. The molecule has 0 fully saturated rings. The van der Waals surface area contributed by atoms with E-state index in [-0.39, 0.29) is 0 Å². The number of nitrogens with zero attached hydrogens (tertiary/aromatic N) is 1. The third-order valence-corrected chi connectivity index (χ3v) is 2.83. The van der Waals surface area contributed by atoms with Crippen molar-refractivity contribution in [1.82, 2.24) is 4.90 Å². The van der Waals surface area contributed by atoms with Gasteiger partial charge in [-0.15, -0.1) is 0 Å². The molecular weight excluding hydrogens is 190 g/mol. The van der Waals surface area contributed by atoms with Gasteiger partial charge >= 0.3 is 5.97 Å². The van der Waals surface area contributed by atoms with E-state index in [1.165, 1.54) is 0 Å². The van der Waals surface area contributed by atoms with Gasteiger partial charge in [0.15, 0.2) is 0 Å². The van der Waals surface area contributed by atoms with Crippen molar-refractivity contribution in [3.05, 3.63) is 23.8 Å². The maximum absolute atomic E-state index is 11.2. The SMILES string of the molecule is CCN(C)C(C(=O)O)C1=CCC(C)C=C1. The maximum Gasteiger partial charge on any atom is 0.325 e. The third kappa shape index (κ3) is 2.93. The lowest BCUT2D eigenvalue weighted by Crippen LogP contribution is -2.39. The number of aliphatic carboxylic acids is 1. The first kappa shape index (κ1) is 12.0. The third-order valence-electron chi connectivity index (χ3n) is 2.83. The average molecular weight is 209 g/mol. The van der Waals surface area contributed by atoms with Gasteiger partial charge < -0.3 is 5.11 Å². The molecule has 0 heterocycles. The predicted octanol–water partition coefficient (Wildman–Crippen LogP) is 1.91. The lowest BCUT2D eigenvalue weighted by Gasteiger charge is -2.26. The fraction of sp³-hybridized carbons (Fsp3) is 0.583. The van der Waals surface area contributed by atoms with Crippen molar-refractivity contribution >= 4 is 5.97 Å². The van der Waals surface area contributed by atoms with Crippen LogP contribution in [0.15, 0.2) is 23.8 Å². The number of rotatable bonds is 4. The molecule has 0 amide bonds. The molecule has 3 nitrogen and oxygen atoms in total. The normalized spacial score (nSPS) is 22.7. The monoisotopic (exact) mass is 209 g/mol. The van der Waals surface area contributed by atoms with Crippen LogP contribution in [0.1, 0.15) is 20.3 Å². The summed E-state index contributed by atoms with van der Waals surface area (Å²) >= 11 is 0. The smallest absolute Gasteiger partial charge is 0.325 e. The average Bonchev–Trinajstić information content (AvgIpc) is 2.20. The largest absolute Gasteiger partial charge is 0.480 e. The Kier molecular flexibility index (Phi) is 4.09. The van der Waals surface area contributed by atoms with E-state index in [1.807, 2.05) is 31.0 Å². The van der Waals surface area contributed by atoms with Crippen LogP contribution in [0.2, 0.25) is 0 Å². The standard InChI is InChI=1S/C12H19NO2/c1-4-13(3)11(12(14)15)10-7-5-9(2)6-8-10/h5,7-9,11H,4,6H2,1-3H3,(H,14,15). The van der Waals surface area contributed by atoms with Crippen molar-refractivity contribution in [3.8, 4) is 0 Å². The number of carboxylic acids is 1. The molecule has 0 aromatic heterocycles. The molecule has 1 N–H and O–H groups in total. The van der Waals surface area contributed by atoms with Gasteiger partial charge in [-0.1, -0.05) is 32.1 Å². The van der Waals surface area contributed by atoms with Crippen molar-refractivity contribution in [2.24, 2.45) is 5.92 Å². The molecule has 0 aromatic carbocycles. The Morgan fingerprint density at radius 1 is 1.73 bits per heavy atom. The summed E-state index contributed by atoms with van der Waals surface area (Å²) in [5.41, 5.74) is 0.907. The topological polar surface area (TPSA) is 40.5 Å². The fourth-order valence-corrected chi connectivity index (χ4v) is 1.71. The first-order valence-electron chi connectivity index (χ1n) is 5.37. The molecule has 84 valence electrons. The van der Waals surface area contributed by atoms with E-state index in [0.717, 1.165) is 18.5 Å². The van der Waals surface area contributed by atoms with Gasteiger partial charge in [-0.3, -0.25) is 9.69 Å². The zero-order valence-corrected chi connectivity index (χ0v) is 9.60. The van der Waals surface area contributed by atoms with E-state index in [9.17, 15) is 9.90 Å². The Labute approximate surface area is 91.1 Å². The van der Waals surface area contributed by atoms with Crippen LogP contribution in [0.4, 0.5) is 0 Å². The Morgan fingerprint density at radius 3 is 2.80 bits per heavy atom. The summed E-state index contributed by atoms with van der Waals surface area (Å²) < 4.78 is 0. The van der Waals surface area contributed by atoms with Gasteiger partial charge in [0, 0.05) is 0 Å². The van der Waals surface area contributed by atoms with Crippen LogP contribution >= 0.6 is 0 Å². The molecule has 3 heteroatoms. The van der Waals surface area contributed by atoms with Crippen LogP contribution in [-0.4, -0.2) is 35.6 Å². The number of hydrogen-bond donors (Lipinski definition) is 1. The second-order valence-electron chi connectivity index (χ2n) is 4.09. The van der Waals surface area contributed by atoms with E-state index < -0.39 is 12.0 Å². The minimum Gasteiger partial charge on any atom is -0.480 e. The Morgan fingerprint density at radius 2 is 2.40 bits per heavy atom. The highest BCUT2D eigenvalue weighted by Crippen LogP contribution is 2.20. The Hall–Kier alpha value is -1.09. The van der Waals surface area contributed by atoms with E-state index in [2.05, 4.69) is 13.0 Å². The summed E-state index contributed by atoms with van der Waals surface area (Å²) in [7, 11) is 1.84. The summed E-state index contributed by atoms with van der Waals surface area (Å²) in [5, 5.41) is 9.18. The van der Waals surface area contributed by atoms with Crippen LogP contribution in [0.3, 0.4) is 0 Å². The van der Waals surface area contributed by atoms with Crippen LogP contribution in [0, 0.1) is 5.92 Å². The van der Waals surface area contributed by atoms with Crippen molar-refractivity contribution in [2.45, 2.75) is 26.3 Å². The van der Waals surface area contributed by atoms with Gasteiger partial charge in [-0.05, 0) is 31.5 Å². The summed E-state index contributed by atoms with van der Waals surface area (Å²) in [4.78, 5) is 13.0. The number of likely N-dealkylation sites (N-methyl/N-ethyl adjacent to an activating group) is 1. The van der Waals surface area contributed by atoms with Gasteiger partial charge in [-0.25, -0.2) is 0 Å². The van der Waals surface area contributed by atoms with Gasteiger partial charge in [0.1, 0.15) is 6.04 Å². The number of carboxylic acid groups (broad SMARTS) is 1. The number of allylic oxidation sites excluding steroid dienone is 2. The first-order chi connectivity index (χ1) is 7.06. The molecule has 0 saturated carbocycles. The molecule has 1 aliphatic rings. The molecule has 0 aliphatic heterocycles. The lowest BCUT2D eigenvalue weighted by molar-refractivity contribution is -0.141. The summed E-state index contributed by atoms with van der Waals surface area (Å²) in [6.07, 6.45) is 7.00. The van der Waals surface area contributed by atoms with Crippen molar-refractivity contribution < 1.29 is 9.90 Å². The van der Waals surface area contributed by atoms with Crippen LogP contribution in [-0.2, 0) is 4.79 Å². The molecule has 0 aromatic rings. The number of carbonyl (C=O) groups is 1. The van der Waals surface area contributed by atoms with Gasteiger partial charge in [-0.2, -0.15) is 0 Å². The van der Waals surface area contributed by atoms with Crippen LogP contribution in [0.25, 0.3) is 0 Å². The molecule has 2 atom stereocenters. The van der Waals surface area contributed by atoms with E-state index in [0.29, 0.717) is 5.92 Å². The molecule has 1 rings (SSSR count). The van der Waals surface area contributed by atoms with Gasteiger partial charge in [0.2, 0.25) is 0 Å². The molecule has 15 heavy (non-hydrogen) atoms. The van der Waals surface area contributed by atoms with E-state index >= 15 is 0 Å². The minimum absolute atomic E-state index is 0.501. The highest BCUT2D eigenvalue weighted by atomic mass is 16.4. The second-order valence-corrected chi connectivity index (χ2v) is 4.09. The molecule has 2 unspecified atom stereocenters.